The molecule has 1 aromatic heterocycles. The normalized spacial score (nSPS) is 10.3. The molecule has 0 radical (unpaired) electrons. The van der Waals surface area contributed by atoms with Crippen LogP contribution in [0.1, 0.15) is 11.3 Å². The number of rotatable bonds is 5. The zero-order valence-electron chi connectivity index (χ0n) is 10.8. The van der Waals surface area contributed by atoms with Crippen LogP contribution in [-0.2, 0) is 13.1 Å². The SMILES string of the molecule is CN(C)c1ccc(CNCc2cccnn2)cc1. The lowest BCUT2D eigenvalue weighted by Crippen LogP contribution is -2.14. The maximum Gasteiger partial charge on any atom is 0.0769 e. The van der Waals surface area contributed by atoms with E-state index in [4.69, 9.17) is 0 Å². The van der Waals surface area contributed by atoms with Crippen molar-refractivity contribution >= 4 is 5.69 Å². The zero-order chi connectivity index (χ0) is 12.8. The van der Waals surface area contributed by atoms with Crippen molar-refractivity contribution < 1.29 is 0 Å². The minimum Gasteiger partial charge on any atom is -0.378 e. The monoisotopic (exact) mass is 242 g/mol. The Kier molecular flexibility index (Phi) is 4.25. The summed E-state index contributed by atoms with van der Waals surface area (Å²) in [5, 5.41) is 11.2. The third-order valence-electron chi connectivity index (χ3n) is 2.72. The molecule has 0 aliphatic carbocycles. The Bertz CT molecular complexity index is 465. The lowest BCUT2D eigenvalue weighted by Gasteiger charge is -2.12. The zero-order valence-corrected chi connectivity index (χ0v) is 10.8. The molecule has 4 heteroatoms. The van der Waals surface area contributed by atoms with E-state index in [1.54, 1.807) is 6.20 Å². The molecule has 94 valence electrons. The molecule has 4 nitrogen and oxygen atoms in total. The fourth-order valence-corrected chi connectivity index (χ4v) is 1.67. The third-order valence-corrected chi connectivity index (χ3v) is 2.72. The van der Waals surface area contributed by atoms with Crippen LogP contribution in [0.25, 0.3) is 0 Å². The molecule has 2 rings (SSSR count). The largest absolute Gasteiger partial charge is 0.378 e. The summed E-state index contributed by atoms with van der Waals surface area (Å²) in [5.74, 6) is 0. The molecule has 2 aromatic rings. The van der Waals surface area contributed by atoms with Crippen LogP contribution in [0.15, 0.2) is 42.6 Å². The van der Waals surface area contributed by atoms with Gasteiger partial charge < -0.3 is 10.2 Å². The summed E-state index contributed by atoms with van der Waals surface area (Å²) in [5.41, 5.74) is 3.44. The Hall–Kier alpha value is -1.94. The molecule has 0 bridgehead atoms. The standard InChI is InChI=1S/C14H18N4/c1-18(2)14-7-5-12(6-8-14)10-15-11-13-4-3-9-16-17-13/h3-9,15H,10-11H2,1-2H3. The van der Waals surface area contributed by atoms with Gasteiger partial charge in [0.05, 0.1) is 5.69 Å². The van der Waals surface area contributed by atoms with Crippen molar-refractivity contribution in [2.75, 3.05) is 19.0 Å². The highest BCUT2D eigenvalue weighted by Gasteiger charge is 1.97. The molecule has 1 N–H and O–H groups in total. The quantitative estimate of drug-likeness (QED) is 0.868. The molecule has 0 fully saturated rings. The number of benzene rings is 1. The Morgan fingerprint density at radius 3 is 2.44 bits per heavy atom. The van der Waals surface area contributed by atoms with E-state index in [1.807, 2.05) is 26.2 Å². The van der Waals surface area contributed by atoms with Crippen molar-refractivity contribution in [1.29, 1.82) is 0 Å². The van der Waals surface area contributed by atoms with E-state index in [1.165, 1.54) is 11.3 Å². The number of nitrogens with zero attached hydrogens (tertiary/aromatic N) is 3. The molecule has 1 aromatic carbocycles. The minimum absolute atomic E-state index is 0.739. The summed E-state index contributed by atoms with van der Waals surface area (Å²) in [7, 11) is 4.09. The van der Waals surface area contributed by atoms with Gasteiger partial charge in [-0.3, -0.25) is 0 Å². The number of nitrogens with one attached hydrogen (secondary N) is 1. The first-order valence-corrected chi connectivity index (χ1v) is 5.99. The molecule has 0 spiro atoms. The van der Waals surface area contributed by atoms with Crippen LogP contribution >= 0.6 is 0 Å². The van der Waals surface area contributed by atoms with E-state index in [0.29, 0.717) is 0 Å². The third kappa shape index (κ3) is 3.53. The van der Waals surface area contributed by atoms with Gasteiger partial charge in [-0.2, -0.15) is 10.2 Å². The first kappa shape index (κ1) is 12.5. The highest BCUT2D eigenvalue weighted by Crippen LogP contribution is 2.11. The Morgan fingerprint density at radius 1 is 1.06 bits per heavy atom. The summed E-state index contributed by atoms with van der Waals surface area (Å²) >= 11 is 0. The van der Waals surface area contributed by atoms with Crippen LogP contribution in [0.4, 0.5) is 5.69 Å². The van der Waals surface area contributed by atoms with Crippen LogP contribution < -0.4 is 10.2 Å². The van der Waals surface area contributed by atoms with Crippen molar-refractivity contribution in [3.8, 4) is 0 Å². The maximum absolute atomic E-state index is 4.03. The number of aromatic nitrogens is 2. The average molecular weight is 242 g/mol. The average Bonchev–Trinajstić information content (AvgIpc) is 2.40. The molecule has 0 unspecified atom stereocenters. The smallest absolute Gasteiger partial charge is 0.0769 e. The molecule has 0 saturated carbocycles. The van der Waals surface area contributed by atoms with Crippen LogP contribution in [0.5, 0.6) is 0 Å². The van der Waals surface area contributed by atoms with E-state index in [9.17, 15) is 0 Å². The maximum atomic E-state index is 4.03. The van der Waals surface area contributed by atoms with Crippen molar-refractivity contribution in [2.45, 2.75) is 13.1 Å². The first-order valence-electron chi connectivity index (χ1n) is 5.99. The van der Waals surface area contributed by atoms with Crippen LogP contribution in [0.3, 0.4) is 0 Å². The van der Waals surface area contributed by atoms with E-state index < -0.39 is 0 Å². The van der Waals surface area contributed by atoms with Gasteiger partial charge in [0.2, 0.25) is 0 Å². The molecule has 0 atom stereocenters. The van der Waals surface area contributed by atoms with Gasteiger partial charge in [0, 0.05) is 39.1 Å². The van der Waals surface area contributed by atoms with Gasteiger partial charge in [0.1, 0.15) is 0 Å². The molecule has 0 aliphatic heterocycles. The van der Waals surface area contributed by atoms with Gasteiger partial charge in [0.25, 0.3) is 0 Å². The Balaban J connectivity index is 1.83. The van der Waals surface area contributed by atoms with Crippen LogP contribution in [-0.4, -0.2) is 24.3 Å². The van der Waals surface area contributed by atoms with Crippen molar-refractivity contribution in [3.63, 3.8) is 0 Å². The fourth-order valence-electron chi connectivity index (χ4n) is 1.67. The summed E-state index contributed by atoms with van der Waals surface area (Å²) in [4.78, 5) is 2.09. The molecular weight excluding hydrogens is 224 g/mol. The van der Waals surface area contributed by atoms with Crippen LogP contribution in [0.2, 0.25) is 0 Å². The number of anilines is 1. The molecule has 0 saturated heterocycles. The molecule has 0 amide bonds. The predicted molar refractivity (Wildman–Crippen MR) is 73.3 cm³/mol. The highest BCUT2D eigenvalue weighted by molar-refractivity contribution is 5.45. The van der Waals surface area contributed by atoms with Gasteiger partial charge in [0.15, 0.2) is 0 Å². The number of hydrogen-bond donors (Lipinski definition) is 1. The second kappa shape index (κ2) is 6.12. The molecule has 18 heavy (non-hydrogen) atoms. The second-order valence-electron chi connectivity index (χ2n) is 4.38. The van der Waals surface area contributed by atoms with Crippen molar-refractivity contribution in [2.24, 2.45) is 0 Å². The fraction of sp³-hybridized carbons (Fsp3) is 0.286. The summed E-state index contributed by atoms with van der Waals surface area (Å²) < 4.78 is 0. The van der Waals surface area contributed by atoms with Crippen molar-refractivity contribution in [3.05, 3.63) is 53.9 Å². The predicted octanol–water partition coefficient (Wildman–Crippen LogP) is 1.83. The highest BCUT2D eigenvalue weighted by atomic mass is 15.1. The van der Waals surface area contributed by atoms with E-state index >= 15 is 0 Å². The van der Waals surface area contributed by atoms with E-state index in [-0.39, 0.29) is 0 Å². The van der Waals surface area contributed by atoms with Gasteiger partial charge in [-0.05, 0) is 29.8 Å². The Morgan fingerprint density at radius 2 is 1.83 bits per heavy atom. The van der Waals surface area contributed by atoms with Crippen molar-refractivity contribution in [1.82, 2.24) is 15.5 Å². The summed E-state index contributed by atoms with van der Waals surface area (Å²) in [6.07, 6.45) is 1.68. The summed E-state index contributed by atoms with van der Waals surface area (Å²) in [6, 6.07) is 12.4. The van der Waals surface area contributed by atoms with E-state index in [0.717, 1.165) is 18.8 Å². The lowest BCUT2D eigenvalue weighted by molar-refractivity contribution is 0.670. The minimum atomic E-state index is 0.739. The van der Waals surface area contributed by atoms with Gasteiger partial charge in [-0.1, -0.05) is 12.1 Å². The Labute approximate surface area is 108 Å². The van der Waals surface area contributed by atoms with Gasteiger partial charge in [-0.25, -0.2) is 0 Å². The molecule has 0 aliphatic rings. The molecule has 1 heterocycles. The molecular formula is C14H18N4. The van der Waals surface area contributed by atoms with E-state index in [2.05, 4.69) is 44.7 Å². The first-order chi connectivity index (χ1) is 8.75. The topological polar surface area (TPSA) is 41.0 Å². The summed E-state index contributed by atoms with van der Waals surface area (Å²) in [6.45, 7) is 1.58. The van der Waals surface area contributed by atoms with Gasteiger partial charge in [-0.15, -0.1) is 0 Å². The number of hydrogen-bond acceptors (Lipinski definition) is 4. The van der Waals surface area contributed by atoms with Gasteiger partial charge >= 0.3 is 0 Å². The van der Waals surface area contributed by atoms with Crippen LogP contribution in [0, 0.1) is 0 Å². The lowest BCUT2D eigenvalue weighted by atomic mass is 10.2. The second-order valence-corrected chi connectivity index (χ2v) is 4.38.